The van der Waals surface area contributed by atoms with E-state index in [2.05, 4.69) is 10.0 Å². The number of hydrogen-bond acceptors (Lipinski definition) is 4. The van der Waals surface area contributed by atoms with E-state index in [-0.39, 0.29) is 16.5 Å². The molecule has 0 aliphatic heterocycles. The lowest BCUT2D eigenvalue weighted by Crippen LogP contribution is -2.15. The minimum atomic E-state index is -3.84. The average molecular weight is 431 g/mol. The summed E-state index contributed by atoms with van der Waals surface area (Å²) in [5.41, 5.74) is 2.09. The number of benzene rings is 3. The Hall–Kier alpha value is -3.03. The second-order valence-corrected chi connectivity index (χ2v) is 8.36. The van der Waals surface area contributed by atoms with Crippen molar-refractivity contribution in [3.05, 3.63) is 82.9 Å². The lowest BCUT2D eigenvalue weighted by Gasteiger charge is -2.12. The summed E-state index contributed by atoms with van der Waals surface area (Å²) in [6, 6.07) is 17.6. The van der Waals surface area contributed by atoms with Crippen LogP contribution in [0.1, 0.15) is 15.9 Å². The zero-order chi connectivity index (χ0) is 21.0. The molecule has 29 heavy (non-hydrogen) atoms. The molecule has 0 spiro atoms. The molecular weight excluding hydrogens is 412 g/mol. The average Bonchev–Trinajstić information content (AvgIpc) is 2.70. The fourth-order valence-corrected chi connectivity index (χ4v) is 3.97. The maximum atomic E-state index is 12.6. The van der Waals surface area contributed by atoms with Gasteiger partial charge in [-0.15, -0.1) is 0 Å². The van der Waals surface area contributed by atoms with Gasteiger partial charge in [0.1, 0.15) is 5.75 Å². The number of aryl methyl sites for hydroxylation is 1. The van der Waals surface area contributed by atoms with Gasteiger partial charge in [0.15, 0.2) is 0 Å². The maximum absolute atomic E-state index is 12.6. The van der Waals surface area contributed by atoms with Gasteiger partial charge >= 0.3 is 0 Å². The van der Waals surface area contributed by atoms with Crippen LogP contribution in [0.25, 0.3) is 0 Å². The Kier molecular flexibility index (Phi) is 6.10. The molecule has 6 nitrogen and oxygen atoms in total. The number of ether oxygens (including phenoxy) is 1. The first-order valence-corrected chi connectivity index (χ1v) is 10.5. The van der Waals surface area contributed by atoms with Crippen molar-refractivity contribution >= 4 is 38.9 Å². The Morgan fingerprint density at radius 1 is 0.966 bits per heavy atom. The second-order valence-electron chi connectivity index (χ2n) is 6.27. The summed E-state index contributed by atoms with van der Waals surface area (Å²) in [4.78, 5) is 12.6. The summed E-state index contributed by atoms with van der Waals surface area (Å²) >= 11 is 6.01. The predicted molar refractivity (Wildman–Crippen MR) is 114 cm³/mol. The van der Waals surface area contributed by atoms with Gasteiger partial charge in [0.25, 0.3) is 15.9 Å². The molecule has 0 fully saturated rings. The molecule has 3 rings (SSSR count). The molecule has 3 aromatic carbocycles. The minimum absolute atomic E-state index is 0.0158. The van der Waals surface area contributed by atoms with Crippen LogP contribution in [0.3, 0.4) is 0 Å². The van der Waals surface area contributed by atoms with E-state index in [1.165, 1.54) is 31.4 Å². The molecule has 0 aliphatic rings. The highest BCUT2D eigenvalue weighted by Gasteiger charge is 2.17. The molecular formula is C21H19ClN2O4S. The van der Waals surface area contributed by atoms with Crippen molar-refractivity contribution in [1.29, 1.82) is 0 Å². The number of halogens is 1. The molecule has 0 saturated heterocycles. The summed E-state index contributed by atoms with van der Waals surface area (Å²) in [6.07, 6.45) is 0. The normalized spacial score (nSPS) is 11.0. The van der Waals surface area contributed by atoms with E-state index < -0.39 is 10.0 Å². The number of hydrogen-bond donors (Lipinski definition) is 2. The summed E-state index contributed by atoms with van der Waals surface area (Å²) in [5, 5.41) is 3.07. The molecule has 0 saturated carbocycles. The van der Waals surface area contributed by atoms with Crippen molar-refractivity contribution in [2.75, 3.05) is 17.1 Å². The Balaban J connectivity index is 1.78. The molecule has 0 bridgehead atoms. The van der Waals surface area contributed by atoms with Crippen LogP contribution in [-0.2, 0) is 10.0 Å². The van der Waals surface area contributed by atoms with Gasteiger partial charge in [-0.25, -0.2) is 8.42 Å². The van der Waals surface area contributed by atoms with E-state index in [0.29, 0.717) is 22.0 Å². The zero-order valence-corrected chi connectivity index (χ0v) is 17.3. The molecule has 0 heterocycles. The number of anilines is 2. The summed E-state index contributed by atoms with van der Waals surface area (Å²) in [5.74, 6) is 0.156. The SMILES string of the molecule is COc1ccc(C)cc1NC(=O)c1ccc(S(=O)(=O)Nc2ccccc2Cl)cc1. The van der Waals surface area contributed by atoms with Gasteiger partial charge in [0, 0.05) is 5.56 Å². The number of amides is 1. The van der Waals surface area contributed by atoms with Crippen LogP contribution < -0.4 is 14.8 Å². The van der Waals surface area contributed by atoms with E-state index in [1.54, 1.807) is 36.4 Å². The van der Waals surface area contributed by atoms with Crippen molar-refractivity contribution in [1.82, 2.24) is 0 Å². The van der Waals surface area contributed by atoms with E-state index in [0.717, 1.165) is 5.56 Å². The number of carbonyl (C=O) groups is 1. The number of methoxy groups -OCH3 is 1. The number of sulfonamides is 1. The van der Waals surface area contributed by atoms with Gasteiger partial charge in [-0.05, 0) is 61.0 Å². The van der Waals surface area contributed by atoms with E-state index in [9.17, 15) is 13.2 Å². The molecule has 0 aliphatic carbocycles. The molecule has 1 amide bonds. The standard InChI is InChI=1S/C21H19ClN2O4S/c1-14-7-12-20(28-2)19(13-14)23-21(25)15-8-10-16(11-9-15)29(26,27)24-18-6-4-3-5-17(18)22/h3-13,24H,1-2H3,(H,23,25). The molecule has 0 aromatic heterocycles. The third-order valence-electron chi connectivity index (χ3n) is 4.15. The highest BCUT2D eigenvalue weighted by Crippen LogP contribution is 2.26. The van der Waals surface area contributed by atoms with Gasteiger partial charge in [-0.3, -0.25) is 9.52 Å². The van der Waals surface area contributed by atoms with Crippen LogP contribution in [0.4, 0.5) is 11.4 Å². The molecule has 0 radical (unpaired) electrons. The Morgan fingerprint density at radius 3 is 2.31 bits per heavy atom. The van der Waals surface area contributed by atoms with Gasteiger partial charge in [0.05, 0.1) is 28.4 Å². The fourth-order valence-electron chi connectivity index (χ4n) is 2.65. The molecule has 0 atom stereocenters. The first kappa shape index (κ1) is 20.7. The minimum Gasteiger partial charge on any atom is -0.495 e. The van der Waals surface area contributed by atoms with Gasteiger partial charge in [-0.2, -0.15) is 0 Å². The van der Waals surface area contributed by atoms with Gasteiger partial charge < -0.3 is 10.1 Å². The van der Waals surface area contributed by atoms with Crippen molar-refractivity contribution < 1.29 is 17.9 Å². The molecule has 150 valence electrons. The smallest absolute Gasteiger partial charge is 0.261 e. The monoisotopic (exact) mass is 430 g/mol. The molecule has 8 heteroatoms. The lowest BCUT2D eigenvalue weighted by atomic mass is 10.1. The number of rotatable bonds is 6. The van der Waals surface area contributed by atoms with Crippen molar-refractivity contribution in [3.8, 4) is 5.75 Å². The fraction of sp³-hybridized carbons (Fsp3) is 0.0952. The second kappa shape index (κ2) is 8.55. The van der Waals surface area contributed by atoms with Gasteiger partial charge in [0.2, 0.25) is 0 Å². The molecule has 3 aromatic rings. The Morgan fingerprint density at radius 2 is 1.66 bits per heavy atom. The largest absolute Gasteiger partial charge is 0.495 e. The van der Waals surface area contributed by atoms with Crippen molar-refractivity contribution in [2.24, 2.45) is 0 Å². The quantitative estimate of drug-likeness (QED) is 0.593. The van der Waals surface area contributed by atoms with Crippen LogP contribution >= 0.6 is 11.6 Å². The van der Waals surface area contributed by atoms with E-state index in [1.807, 2.05) is 13.0 Å². The molecule has 2 N–H and O–H groups in total. The number of nitrogens with one attached hydrogen (secondary N) is 2. The third kappa shape index (κ3) is 4.88. The highest BCUT2D eigenvalue weighted by molar-refractivity contribution is 7.92. The first-order chi connectivity index (χ1) is 13.8. The number of para-hydroxylation sites is 1. The summed E-state index contributed by atoms with van der Waals surface area (Å²) < 4.78 is 32.8. The number of carbonyl (C=O) groups excluding carboxylic acids is 1. The first-order valence-electron chi connectivity index (χ1n) is 8.63. The zero-order valence-electron chi connectivity index (χ0n) is 15.8. The summed E-state index contributed by atoms with van der Waals surface area (Å²) in [6.45, 7) is 1.90. The molecule has 0 unspecified atom stereocenters. The van der Waals surface area contributed by atoms with Crippen LogP contribution in [0.5, 0.6) is 5.75 Å². The van der Waals surface area contributed by atoms with Crippen LogP contribution in [0, 0.1) is 6.92 Å². The van der Waals surface area contributed by atoms with E-state index in [4.69, 9.17) is 16.3 Å². The maximum Gasteiger partial charge on any atom is 0.261 e. The highest BCUT2D eigenvalue weighted by atomic mass is 35.5. The predicted octanol–water partition coefficient (Wildman–Crippen LogP) is 4.71. The Bertz CT molecular complexity index is 1150. The van der Waals surface area contributed by atoms with Crippen LogP contribution in [0.15, 0.2) is 71.6 Å². The van der Waals surface area contributed by atoms with Crippen LogP contribution in [-0.4, -0.2) is 21.4 Å². The van der Waals surface area contributed by atoms with Gasteiger partial charge in [-0.1, -0.05) is 29.8 Å². The van der Waals surface area contributed by atoms with Crippen molar-refractivity contribution in [2.45, 2.75) is 11.8 Å². The topological polar surface area (TPSA) is 84.5 Å². The third-order valence-corrected chi connectivity index (χ3v) is 5.86. The summed E-state index contributed by atoms with van der Waals surface area (Å²) in [7, 11) is -2.32. The lowest BCUT2D eigenvalue weighted by molar-refractivity contribution is 0.102. The van der Waals surface area contributed by atoms with Crippen LogP contribution in [0.2, 0.25) is 5.02 Å². The Labute approximate surface area is 174 Å². The van der Waals surface area contributed by atoms with E-state index >= 15 is 0 Å². The van der Waals surface area contributed by atoms with Crippen molar-refractivity contribution in [3.63, 3.8) is 0 Å².